The van der Waals surface area contributed by atoms with Crippen molar-refractivity contribution in [3.05, 3.63) is 11.9 Å². The van der Waals surface area contributed by atoms with Crippen LogP contribution in [0.4, 0.5) is 0 Å². The molecule has 2 heterocycles. The van der Waals surface area contributed by atoms with Crippen molar-refractivity contribution in [3.8, 4) is 0 Å². The molecule has 1 aliphatic heterocycles. The third-order valence-electron chi connectivity index (χ3n) is 2.76. The summed E-state index contributed by atoms with van der Waals surface area (Å²) >= 11 is 0. The van der Waals surface area contributed by atoms with Gasteiger partial charge in [0, 0.05) is 6.54 Å². The SMILES string of the molecule is CC[C@@H](N)c1cn([C@H]2CCNC2)nn1. The molecule has 3 N–H and O–H groups in total. The fraction of sp³-hybridized carbons (Fsp3) is 0.778. The van der Waals surface area contributed by atoms with Crippen LogP contribution in [0.3, 0.4) is 0 Å². The molecule has 1 aliphatic rings. The highest BCUT2D eigenvalue weighted by atomic mass is 15.4. The lowest BCUT2D eigenvalue weighted by molar-refractivity contribution is 0.476. The molecular formula is C9H17N5. The number of nitrogens with zero attached hydrogens (tertiary/aromatic N) is 3. The Hall–Kier alpha value is -0.940. The van der Waals surface area contributed by atoms with Gasteiger partial charge in [-0.2, -0.15) is 0 Å². The van der Waals surface area contributed by atoms with Crippen molar-refractivity contribution in [2.75, 3.05) is 13.1 Å². The Morgan fingerprint density at radius 2 is 2.64 bits per heavy atom. The van der Waals surface area contributed by atoms with Crippen LogP contribution >= 0.6 is 0 Å². The molecule has 0 unspecified atom stereocenters. The molecule has 1 aromatic heterocycles. The Bertz CT molecular complexity index is 289. The van der Waals surface area contributed by atoms with Crippen LogP contribution in [0, 0.1) is 0 Å². The van der Waals surface area contributed by atoms with E-state index in [0.717, 1.165) is 31.6 Å². The van der Waals surface area contributed by atoms with E-state index in [1.807, 2.05) is 10.9 Å². The van der Waals surface area contributed by atoms with Crippen molar-refractivity contribution >= 4 is 0 Å². The number of rotatable bonds is 3. The highest BCUT2D eigenvalue weighted by Crippen LogP contribution is 2.16. The summed E-state index contributed by atoms with van der Waals surface area (Å²) in [7, 11) is 0. The van der Waals surface area contributed by atoms with Gasteiger partial charge in [-0.05, 0) is 19.4 Å². The number of hydrogen-bond donors (Lipinski definition) is 2. The van der Waals surface area contributed by atoms with Gasteiger partial charge in [0.05, 0.1) is 24.0 Å². The van der Waals surface area contributed by atoms with Gasteiger partial charge in [-0.15, -0.1) is 5.10 Å². The second-order valence-electron chi connectivity index (χ2n) is 3.78. The minimum atomic E-state index is 0.0260. The molecular weight excluding hydrogens is 178 g/mol. The van der Waals surface area contributed by atoms with Crippen molar-refractivity contribution in [1.82, 2.24) is 20.3 Å². The zero-order chi connectivity index (χ0) is 9.97. The summed E-state index contributed by atoms with van der Waals surface area (Å²) < 4.78 is 1.94. The van der Waals surface area contributed by atoms with Gasteiger partial charge in [-0.3, -0.25) is 0 Å². The van der Waals surface area contributed by atoms with E-state index in [1.54, 1.807) is 0 Å². The van der Waals surface area contributed by atoms with Crippen molar-refractivity contribution in [1.29, 1.82) is 0 Å². The van der Waals surface area contributed by atoms with Crippen LogP contribution in [-0.2, 0) is 0 Å². The van der Waals surface area contributed by atoms with Crippen molar-refractivity contribution in [2.45, 2.75) is 31.8 Å². The summed E-state index contributed by atoms with van der Waals surface area (Å²) in [5.74, 6) is 0. The third-order valence-corrected chi connectivity index (χ3v) is 2.76. The van der Waals surface area contributed by atoms with E-state index >= 15 is 0 Å². The summed E-state index contributed by atoms with van der Waals surface area (Å²) in [5.41, 5.74) is 6.78. The Morgan fingerprint density at radius 1 is 1.79 bits per heavy atom. The molecule has 1 aromatic rings. The van der Waals surface area contributed by atoms with Crippen LogP contribution in [0.15, 0.2) is 6.20 Å². The summed E-state index contributed by atoms with van der Waals surface area (Å²) in [5, 5.41) is 11.5. The molecule has 0 amide bonds. The molecule has 0 aliphatic carbocycles. The van der Waals surface area contributed by atoms with Crippen LogP contribution in [0.2, 0.25) is 0 Å². The Morgan fingerprint density at radius 3 is 3.29 bits per heavy atom. The summed E-state index contributed by atoms with van der Waals surface area (Å²) in [6.07, 6.45) is 4.01. The number of hydrogen-bond acceptors (Lipinski definition) is 4. The Kier molecular flexibility index (Phi) is 2.79. The smallest absolute Gasteiger partial charge is 0.0994 e. The molecule has 5 heteroatoms. The van der Waals surface area contributed by atoms with Gasteiger partial charge in [-0.1, -0.05) is 12.1 Å². The van der Waals surface area contributed by atoms with Gasteiger partial charge in [0.15, 0.2) is 0 Å². The first-order chi connectivity index (χ1) is 6.81. The highest BCUT2D eigenvalue weighted by molar-refractivity contribution is 5.00. The molecule has 0 bridgehead atoms. The van der Waals surface area contributed by atoms with Gasteiger partial charge in [0.25, 0.3) is 0 Å². The summed E-state index contributed by atoms with van der Waals surface area (Å²) in [6.45, 7) is 4.12. The Labute approximate surface area is 83.7 Å². The maximum Gasteiger partial charge on any atom is 0.0994 e. The van der Waals surface area contributed by atoms with E-state index in [1.165, 1.54) is 0 Å². The molecule has 78 valence electrons. The van der Waals surface area contributed by atoms with Crippen LogP contribution in [0.5, 0.6) is 0 Å². The monoisotopic (exact) mass is 195 g/mol. The fourth-order valence-electron chi connectivity index (χ4n) is 1.71. The average Bonchev–Trinajstić information content (AvgIpc) is 2.86. The molecule has 5 nitrogen and oxygen atoms in total. The van der Waals surface area contributed by atoms with Gasteiger partial charge in [0.1, 0.15) is 0 Å². The first kappa shape index (κ1) is 9.61. The van der Waals surface area contributed by atoms with Gasteiger partial charge >= 0.3 is 0 Å². The van der Waals surface area contributed by atoms with Gasteiger partial charge in [0.2, 0.25) is 0 Å². The molecule has 0 saturated carbocycles. The minimum absolute atomic E-state index is 0.0260. The normalized spacial score (nSPS) is 24.0. The predicted octanol–water partition coefficient (Wildman–Crippen LogP) is 0.222. The van der Waals surface area contributed by atoms with E-state index in [9.17, 15) is 0 Å². The van der Waals surface area contributed by atoms with Crippen LogP contribution in [0.1, 0.15) is 37.5 Å². The quantitative estimate of drug-likeness (QED) is 0.724. The average molecular weight is 195 g/mol. The van der Waals surface area contributed by atoms with E-state index in [4.69, 9.17) is 5.73 Å². The summed E-state index contributed by atoms with van der Waals surface area (Å²) in [4.78, 5) is 0. The summed E-state index contributed by atoms with van der Waals surface area (Å²) in [6, 6.07) is 0.485. The standard InChI is InChI=1S/C9H17N5/c1-2-8(10)9-6-14(13-12-9)7-3-4-11-5-7/h6-8,11H,2-5,10H2,1H3/t7-,8+/m0/s1. The van der Waals surface area contributed by atoms with Gasteiger partial charge in [-0.25, -0.2) is 4.68 Å². The molecule has 1 fully saturated rings. The first-order valence-electron chi connectivity index (χ1n) is 5.19. The zero-order valence-electron chi connectivity index (χ0n) is 8.48. The highest BCUT2D eigenvalue weighted by Gasteiger charge is 2.18. The zero-order valence-corrected chi connectivity index (χ0v) is 8.48. The van der Waals surface area contributed by atoms with E-state index < -0.39 is 0 Å². The number of aromatic nitrogens is 3. The first-order valence-corrected chi connectivity index (χ1v) is 5.19. The van der Waals surface area contributed by atoms with Crippen LogP contribution in [0.25, 0.3) is 0 Å². The minimum Gasteiger partial charge on any atom is -0.323 e. The van der Waals surface area contributed by atoms with Gasteiger partial charge < -0.3 is 11.1 Å². The predicted molar refractivity (Wildman–Crippen MR) is 53.8 cm³/mol. The maximum atomic E-state index is 5.87. The maximum absolute atomic E-state index is 5.87. The lowest BCUT2D eigenvalue weighted by Crippen LogP contribution is -2.14. The second kappa shape index (κ2) is 4.06. The third kappa shape index (κ3) is 1.78. The number of nitrogens with one attached hydrogen (secondary N) is 1. The lowest BCUT2D eigenvalue weighted by atomic mass is 10.2. The van der Waals surface area contributed by atoms with Crippen molar-refractivity contribution < 1.29 is 0 Å². The molecule has 0 aromatic carbocycles. The second-order valence-corrected chi connectivity index (χ2v) is 3.78. The molecule has 1 saturated heterocycles. The van der Waals surface area contributed by atoms with E-state index in [0.29, 0.717) is 6.04 Å². The molecule has 0 radical (unpaired) electrons. The largest absolute Gasteiger partial charge is 0.323 e. The fourth-order valence-corrected chi connectivity index (χ4v) is 1.71. The van der Waals surface area contributed by atoms with Crippen molar-refractivity contribution in [3.63, 3.8) is 0 Å². The topological polar surface area (TPSA) is 68.8 Å². The van der Waals surface area contributed by atoms with Crippen molar-refractivity contribution in [2.24, 2.45) is 5.73 Å². The van der Waals surface area contributed by atoms with Crippen LogP contribution < -0.4 is 11.1 Å². The molecule has 0 spiro atoms. The lowest BCUT2D eigenvalue weighted by Gasteiger charge is -2.06. The molecule has 2 atom stereocenters. The van der Waals surface area contributed by atoms with E-state index in [-0.39, 0.29) is 6.04 Å². The Balaban J connectivity index is 2.08. The van der Waals surface area contributed by atoms with E-state index in [2.05, 4.69) is 22.6 Å². The molecule has 2 rings (SSSR count). The molecule has 14 heavy (non-hydrogen) atoms. The van der Waals surface area contributed by atoms with Crippen LogP contribution in [-0.4, -0.2) is 28.1 Å². The number of nitrogens with two attached hydrogens (primary N) is 1.